The second-order valence-corrected chi connectivity index (χ2v) is 8.85. The number of likely N-dealkylation sites (tertiary alicyclic amines) is 1. The van der Waals surface area contributed by atoms with Crippen LogP contribution in [0.2, 0.25) is 0 Å². The molecule has 2 aromatic rings. The van der Waals surface area contributed by atoms with Crippen molar-refractivity contribution in [1.82, 2.24) is 4.90 Å². The summed E-state index contributed by atoms with van der Waals surface area (Å²) in [6.07, 6.45) is 3.30. The van der Waals surface area contributed by atoms with Gasteiger partial charge in [-0.15, -0.1) is 0 Å². The van der Waals surface area contributed by atoms with Gasteiger partial charge in [0.1, 0.15) is 11.8 Å². The van der Waals surface area contributed by atoms with Crippen molar-refractivity contribution in [3.8, 4) is 5.75 Å². The zero-order chi connectivity index (χ0) is 21.5. The molecule has 3 amide bonds. The number of rotatable bonds is 6. The molecule has 0 radical (unpaired) electrons. The van der Waals surface area contributed by atoms with Crippen molar-refractivity contribution in [3.05, 3.63) is 60.2 Å². The largest absolute Gasteiger partial charge is 0.497 e. The number of hydrogen-bond donors (Lipinski definition) is 1. The maximum Gasteiger partial charge on any atom is 0.248 e. The van der Waals surface area contributed by atoms with Crippen LogP contribution in [0.3, 0.4) is 0 Å². The van der Waals surface area contributed by atoms with E-state index in [0.29, 0.717) is 29.7 Å². The molecule has 1 saturated heterocycles. The Kier molecular flexibility index (Phi) is 5.00. The molecule has 2 saturated carbocycles. The maximum absolute atomic E-state index is 13.4. The van der Waals surface area contributed by atoms with Crippen molar-refractivity contribution in [1.29, 1.82) is 0 Å². The van der Waals surface area contributed by atoms with Gasteiger partial charge in [-0.2, -0.15) is 0 Å². The number of carbonyl (C=O) groups excluding carboxylic acids is 3. The van der Waals surface area contributed by atoms with Crippen LogP contribution in [0.4, 0.5) is 5.69 Å². The standard InChI is InChI=1S/C25H26N2O4/c1-31-19-11-9-18(10-12-19)26-23(28)20(13-15-5-3-2-4-6-15)27-24(29)21-16-7-8-17(14-16)22(21)25(27)30/h2-6,9-12,16-17,20-22H,7-8,13-14H2,1H3,(H,26,28)/t16-,17-,20+,21-,22+/m0/s1. The number of amides is 3. The number of anilines is 1. The lowest BCUT2D eigenvalue weighted by Gasteiger charge is -2.27. The fourth-order valence-electron chi connectivity index (χ4n) is 5.78. The van der Waals surface area contributed by atoms with Crippen molar-refractivity contribution in [2.45, 2.75) is 31.7 Å². The van der Waals surface area contributed by atoms with E-state index in [-0.39, 0.29) is 29.6 Å². The molecule has 31 heavy (non-hydrogen) atoms. The fourth-order valence-corrected chi connectivity index (χ4v) is 5.78. The van der Waals surface area contributed by atoms with Gasteiger partial charge in [0.05, 0.1) is 18.9 Å². The Morgan fingerprint density at radius 2 is 1.61 bits per heavy atom. The highest BCUT2D eigenvalue weighted by Gasteiger charge is 2.62. The number of nitrogens with zero attached hydrogens (tertiary/aromatic N) is 1. The molecule has 0 aromatic heterocycles. The van der Waals surface area contributed by atoms with Crippen LogP contribution < -0.4 is 10.1 Å². The third kappa shape index (κ3) is 3.40. The van der Waals surface area contributed by atoms with E-state index >= 15 is 0 Å². The Bertz CT molecular complexity index is 976. The minimum Gasteiger partial charge on any atom is -0.497 e. The molecule has 5 atom stereocenters. The van der Waals surface area contributed by atoms with Gasteiger partial charge >= 0.3 is 0 Å². The topological polar surface area (TPSA) is 75.7 Å². The summed E-state index contributed by atoms with van der Waals surface area (Å²) >= 11 is 0. The lowest BCUT2D eigenvalue weighted by atomic mass is 9.81. The number of carbonyl (C=O) groups is 3. The van der Waals surface area contributed by atoms with Crippen molar-refractivity contribution in [2.75, 3.05) is 12.4 Å². The first kappa shape index (κ1) is 19.8. The summed E-state index contributed by atoms with van der Waals surface area (Å²) in [4.78, 5) is 41.4. The highest BCUT2D eigenvalue weighted by Crippen LogP contribution is 2.56. The molecule has 1 heterocycles. The molecule has 0 spiro atoms. The third-order valence-electron chi connectivity index (χ3n) is 7.21. The summed E-state index contributed by atoms with van der Waals surface area (Å²) in [5.74, 6) is 0.129. The summed E-state index contributed by atoms with van der Waals surface area (Å²) < 4.78 is 5.17. The van der Waals surface area contributed by atoms with E-state index in [1.54, 1.807) is 31.4 Å². The third-order valence-corrected chi connectivity index (χ3v) is 7.21. The van der Waals surface area contributed by atoms with E-state index in [9.17, 15) is 14.4 Å². The van der Waals surface area contributed by atoms with Crippen molar-refractivity contribution in [3.63, 3.8) is 0 Å². The zero-order valence-corrected chi connectivity index (χ0v) is 17.5. The first-order chi connectivity index (χ1) is 15.1. The summed E-state index contributed by atoms with van der Waals surface area (Å²) in [6, 6.07) is 15.7. The van der Waals surface area contributed by atoms with Gasteiger partial charge < -0.3 is 10.1 Å². The molecule has 2 aromatic carbocycles. The highest BCUT2D eigenvalue weighted by molar-refractivity contribution is 6.10. The molecule has 6 heteroatoms. The van der Waals surface area contributed by atoms with Gasteiger partial charge in [-0.1, -0.05) is 30.3 Å². The molecule has 0 unspecified atom stereocenters. The minimum atomic E-state index is -0.866. The smallest absolute Gasteiger partial charge is 0.248 e. The van der Waals surface area contributed by atoms with Crippen LogP contribution in [0.1, 0.15) is 24.8 Å². The van der Waals surface area contributed by atoms with Gasteiger partial charge in [-0.3, -0.25) is 19.3 Å². The predicted octanol–water partition coefficient (Wildman–Crippen LogP) is 3.28. The van der Waals surface area contributed by atoms with Crippen LogP contribution in [-0.2, 0) is 20.8 Å². The highest BCUT2D eigenvalue weighted by atomic mass is 16.5. The van der Waals surface area contributed by atoms with E-state index < -0.39 is 6.04 Å². The first-order valence-electron chi connectivity index (χ1n) is 10.9. The quantitative estimate of drug-likeness (QED) is 0.731. The van der Waals surface area contributed by atoms with E-state index in [4.69, 9.17) is 4.74 Å². The molecule has 1 aliphatic heterocycles. The van der Waals surface area contributed by atoms with Gasteiger partial charge in [0, 0.05) is 12.1 Å². The van der Waals surface area contributed by atoms with Gasteiger partial charge in [0.2, 0.25) is 17.7 Å². The van der Waals surface area contributed by atoms with Crippen molar-refractivity contribution >= 4 is 23.4 Å². The number of nitrogens with one attached hydrogen (secondary N) is 1. The number of fused-ring (bicyclic) bond motifs is 5. The second-order valence-electron chi connectivity index (χ2n) is 8.85. The van der Waals surface area contributed by atoms with Crippen molar-refractivity contribution in [2.24, 2.45) is 23.7 Å². The lowest BCUT2D eigenvalue weighted by molar-refractivity contribution is -0.147. The zero-order valence-electron chi connectivity index (χ0n) is 17.5. The van der Waals surface area contributed by atoms with Gasteiger partial charge in [0.25, 0.3) is 0 Å². The summed E-state index contributed by atoms with van der Waals surface area (Å²) in [5.41, 5.74) is 1.52. The lowest BCUT2D eigenvalue weighted by Crippen LogP contribution is -2.49. The van der Waals surface area contributed by atoms with Crippen LogP contribution >= 0.6 is 0 Å². The fraction of sp³-hybridized carbons (Fsp3) is 0.400. The van der Waals surface area contributed by atoms with Crippen LogP contribution in [0.25, 0.3) is 0 Å². The average Bonchev–Trinajstić information content (AvgIpc) is 3.47. The van der Waals surface area contributed by atoms with Crippen LogP contribution in [0, 0.1) is 23.7 Å². The number of benzene rings is 2. The molecule has 2 bridgehead atoms. The number of hydrogen-bond acceptors (Lipinski definition) is 4. The van der Waals surface area contributed by atoms with Crippen molar-refractivity contribution < 1.29 is 19.1 Å². The molecule has 160 valence electrons. The number of methoxy groups -OCH3 is 1. The minimum absolute atomic E-state index is 0.159. The number of ether oxygens (including phenoxy) is 1. The Labute approximate surface area is 181 Å². The summed E-state index contributed by atoms with van der Waals surface area (Å²) in [6.45, 7) is 0. The van der Waals surface area contributed by atoms with Crippen LogP contribution in [0.5, 0.6) is 5.75 Å². The van der Waals surface area contributed by atoms with E-state index in [2.05, 4.69) is 5.32 Å². The summed E-state index contributed by atoms with van der Waals surface area (Å²) in [7, 11) is 1.58. The molecule has 3 aliphatic rings. The molecule has 6 nitrogen and oxygen atoms in total. The number of imide groups is 1. The van der Waals surface area contributed by atoms with Crippen LogP contribution in [0.15, 0.2) is 54.6 Å². The SMILES string of the molecule is COc1ccc(NC(=O)[C@@H](Cc2ccccc2)N2C(=O)[C@@H]3[C@H]4CC[C@@H](C4)[C@@H]3C2=O)cc1. The van der Waals surface area contributed by atoms with Gasteiger partial charge in [0.15, 0.2) is 0 Å². The Morgan fingerprint density at radius 3 is 2.19 bits per heavy atom. The Hall–Kier alpha value is -3.15. The summed E-state index contributed by atoms with van der Waals surface area (Å²) in [5, 5.41) is 2.89. The molecule has 3 fully saturated rings. The molecule has 5 rings (SSSR count). The Morgan fingerprint density at radius 1 is 1.00 bits per heavy atom. The molecular weight excluding hydrogens is 392 g/mol. The van der Waals surface area contributed by atoms with Gasteiger partial charge in [-0.05, 0) is 60.9 Å². The van der Waals surface area contributed by atoms with E-state index in [1.165, 1.54) is 4.90 Å². The van der Waals surface area contributed by atoms with Crippen LogP contribution in [-0.4, -0.2) is 35.8 Å². The first-order valence-corrected chi connectivity index (χ1v) is 10.9. The Balaban J connectivity index is 1.43. The van der Waals surface area contributed by atoms with E-state index in [0.717, 1.165) is 24.8 Å². The van der Waals surface area contributed by atoms with E-state index in [1.807, 2.05) is 30.3 Å². The molecular formula is C25H26N2O4. The normalized spacial score (nSPS) is 27.3. The second kappa shape index (κ2) is 7.84. The van der Waals surface area contributed by atoms with Gasteiger partial charge in [-0.25, -0.2) is 0 Å². The molecule has 1 N–H and O–H groups in total. The molecule has 2 aliphatic carbocycles. The average molecular weight is 418 g/mol. The maximum atomic E-state index is 13.4. The monoisotopic (exact) mass is 418 g/mol. The predicted molar refractivity (Wildman–Crippen MR) is 115 cm³/mol.